The first-order valence-corrected chi connectivity index (χ1v) is 14.8. The Morgan fingerprint density at radius 2 is 1.96 bits per heavy atom. The van der Waals surface area contributed by atoms with Crippen LogP contribution in [0.4, 0.5) is 17.6 Å². The summed E-state index contributed by atoms with van der Waals surface area (Å²) in [5, 5.41) is 14.7. The Balaban J connectivity index is 1.38. The number of esters is 1. The molecular weight excluding hydrogens is 600 g/mol. The number of halogens is 4. The Morgan fingerprint density at radius 3 is 2.67 bits per heavy atom. The summed E-state index contributed by atoms with van der Waals surface area (Å²) in [7, 11) is 0. The number of rotatable bonds is 3. The maximum Gasteiger partial charge on any atom is 0.471 e. The van der Waals surface area contributed by atoms with Crippen LogP contribution in [-0.4, -0.2) is 56.1 Å². The minimum atomic E-state index is -5.12. The third kappa shape index (κ3) is 4.21. The van der Waals surface area contributed by atoms with Crippen LogP contribution in [-0.2, 0) is 37.9 Å². The molecule has 2 amide bonds. The second-order valence-electron chi connectivity index (χ2n) is 12.2. The molecule has 4 aliphatic rings. The van der Waals surface area contributed by atoms with Crippen LogP contribution < -0.4 is 10.9 Å². The summed E-state index contributed by atoms with van der Waals surface area (Å²) in [6, 6.07) is 2.08. The fraction of sp³-hybridized carbons (Fsp3) is 0.452. The number of fused-ring (bicyclic) bond motifs is 5. The van der Waals surface area contributed by atoms with E-state index < -0.39 is 53.0 Å². The van der Waals surface area contributed by atoms with Crippen LogP contribution in [0.25, 0.3) is 22.3 Å². The minimum absolute atomic E-state index is 0.00718. The first kappa shape index (κ1) is 29.4. The van der Waals surface area contributed by atoms with Gasteiger partial charge in [0.2, 0.25) is 5.91 Å². The maximum atomic E-state index is 14.9. The van der Waals surface area contributed by atoms with E-state index in [1.807, 2.05) is 6.92 Å². The molecule has 3 aromatic rings. The van der Waals surface area contributed by atoms with Crippen molar-refractivity contribution in [2.75, 3.05) is 6.54 Å². The van der Waals surface area contributed by atoms with Gasteiger partial charge in [-0.3, -0.25) is 14.4 Å². The number of hydrogen-bond acceptors (Lipinski definition) is 7. The van der Waals surface area contributed by atoms with Crippen LogP contribution in [0.5, 0.6) is 0 Å². The van der Waals surface area contributed by atoms with Gasteiger partial charge in [0.05, 0.1) is 35.1 Å². The number of amides is 2. The molecule has 10 nitrogen and oxygen atoms in total. The average molecular weight is 629 g/mol. The molecule has 236 valence electrons. The molecule has 14 heteroatoms. The first-order valence-electron chi connectivity index (χ1n) is 14.8. The molecule has 0 radical (unpaired) electrons. The van der Waals surface area contributed by atoms with Crippen molar-refractivity contribution >= 4 is 28.7 Å². The Bertz CT molecular complexity index is 1910. The van der Waals surface area contributed by atoms with Gasteiger partial charge in [0.15, 0.2) is 5.60 Å². The summed E-state index contributed by atoms with van der Waals surface area (Å²) in [4.78, 5) is 57.2. The predicted molar refractivity (Wildman–Crippen MR) is 149 cm³/mol. The molecule has 3 aliphatic heterocycles. The van der Waals surface area contributed by atoms with E-state index in [9.17, 15) is 41.8 Å². The molecule has 5 heterocycles. The van der Waals surface area contributed by atoms with E-state index in [-0.39, 0.29) is 67.9 Å². The number of likely N-dealkylation sites (tertiary alicyclic amines) is 1. The predicted octanol–water partition coefficient (Wildman–Crippen LogP) is 3.44. The number of alkyl halides is 3. The maximum absolute atomic E-state index is 14.9. The van der Waals surface area contributed by atoms with E-state index >= 15 is 0 Å². The van der Waals surface area contributed by atoms with Crippen molar-refractivity contribution in [1.29, 1.82) is 0 Å². The van der Waals surface area contributed by atoms with Crippen molar-refractivity contribution in [2.24, 2.45) is 0 Å². The molecule has 1 saturated heterocycles. The zero-order valence-electron chi connectivity index (χ0n) is 24.3. The molecule has 0 bridgehead atoms. The van der Waals surface area contributed by atoms with Crippen molar-refractivity contribution in [3.63, 3.8) is 0 Å². The molecule has 0 spiro atoms. The lowest BCUT2D eigenvalue weighted by Gasteiger charge is -2.34. The van der Waals surface area contributed by atoms with Crippen LogP contribution in [0.2, 0.25) is 0 Å². The summed E-state index contributed by atoms with van der Waals surface area (Å²) in [5.41, 5.74) is 0.263. The molecule has 0 saturated carbocycles. The highest BCUT2D eigenvalue weighted by Crippen LogP contribution is 2.48. The van der Waals surface area contributed by atoms with Crippen LogP contribution >= 0.6 is 0 Å². The van der Waals surface area contributed by atoms with Crippen LogP contribution in [0.1, 0.15) is 79.3 Å². The number of carbonyl (C=O) groups is 3. The summed E-state index contributed by atoms with van der Waals surface area (Å²) in [6.45, 7) is 2.90. The van der Waals surface area contributed by atoms with Gasteiger partial charge in [0.25, 0.3) is 5.56 Å². The van der Waals surface area contributed by atoms with Crippen LogP contribution in [0, 0.1) is 5.82 Å². The number of aliphatic hydroxyl groups is 1. The molecule has 2 aromatic heterocycles. The van der Waals surface area contributed by atoms with Crippen LogP contribution in [0.3, 0.4) is 0 Å². The van der Waals surface area contributed by atoms with Gasteiger partial charge in [-0.25, -0.2) is 14.2 Å². The number of cyclic esters (lactones) is 1. The van der Waals surface area contributed by atoms with Gasteiger partial charge in [-0.05, 0) is 54.9 Å². The highest BCUT2D eigenvalue weighted by atomic mass is 19.4. The molecule has 1 fully saturated rings. The third-order valence-corrected chi connectivity index (χ3v) is 9.67. The largest absolute Gasteiger partial charge is 0.471 e. The number of nitrogens with one attached hydrogen (secondary N) is 1. The molecular formula is C31H28F4N4O6. The SMILES string of the molecule is CC[C@@]1(O)C(=O)OCc2c1cc1n(c2=O)Cc2c-1nc1cc(F)cc3c1c2[C@@H](NC(=O)[C@H]1CCCN1C(=O)C(F)(F)F)CC3C. The summed E-state index contributed by atoms with van der Waals surface area (Å²) in [6.07, 6.45) is -4.61. The number of pyridine rings is 2. The third-order valence-electron chi connectivity index (χ3n) is 9.67. The van der Waals surface area contributed by atoms with Gasteiger partial charge in [-0.2, -0.15) is 13.2 Å². The van der Waals surface area contributed by atoms with E-state index in [1.54, 1.807) is 6.92 Å². The molecule has 1 aliphatic carbocycles. The van der Waals surface area contributed by atoms with Gasteiger partial charge in [0.1, 0.15) is 18.5 Å². The molecule has 2 N–H and O–H groups in total. The first-order chi connectivity index (χ1) is 21.2. The number of benzene rings is 1. The normalized spacial score (nSPS) is 25.1. The van der Waals surface area contributed by atoms with Crippen LogP contribution in [0.15, 0.2) is 23.0 Å². The van der Waals surface area contributed by atoms with Gasteiger partial charge in [-0.1, -0.05) is 13.8 Å². The van der Waals surface area contributed by atoms with Gasteiger partial charge >= 0.3 is 18.1 Å². The average Bonchev–Trinajstić information content (AvgIpc) is 3.62. The molecule has 1 unspecified atom stereocenters. The topological polar surface area (TPSA) is 131 Å². The lowest BCUT2D eigenvalue weighted by atomic mass is 9.78. The van der Waals surface area contributed by atoms with E-state index in [0.29, 0.717) is 38.4 Å². The smallest absolute Gasteiger partial charge is 0.458 e. The van der Waals surface area contributed by atoms with Crippen molar-refractivity contribution in [3.8, 4) is 11.4 Å². The van der Waals surface area contributed by atoms with Gasteiger partial charge in [-0.15, -0.1) is 0 Å². The number of ether oxygens (including phenoxy) is 1. The lowest BCUT2D eigenvalue weighted by molar-refractivity contribution is -0.186. The standard InChI is InChI=1S/C31H28F4N4O6/c1-3-30(44)18-10-22-25-16(11-39(22)27(41)17(18)12-45-29(30)43)24-19(7-13(2)15-8-14(32)9-20(36-25)23(15)24)37-26(40)21-5-4-6-38(21)28(42)31(33,34)35/h8-10,13,19,21,44H,3-7,11-12H2,1-2H3,(H,37,40)/t13?,19-,21+,30-/m0/s1. The highest BCUT2D eigenvalue weighted by molar-refractivity contribution is 5.95. The zero-order valence-corrected chi connectivity index (χ0v) is 24.3. The number of hydrogen-bond donors (Lipinski definition) is 2. The minimum Gasteiger partial charge on any atom is -0.458 e. The van der Waals surface area contributed by atoms with Crippen molar-refractivity contribution in [3.05, 3.63) is 62.2 Å². The zero-order chi connectivity index (χ0) is 32.2. The van der Waals surface area contributed by atoms with E-state index in [2.05, 4.69) is 5.32 Å². The second-order valence-corrected chi connectivity index (χ2v) is 12.2. The second kappa shape index (κ2) is 9.83. The van der Waals surface area contributed by atoms with Crippen molar-refractivity contribution in [1.82, 2.24) is 19.8 Å². The fourth-order valence-electron chi connectivity index (χ4n) is 7.46. The van der Waals surface area contributed by atoms with Gasteiger partial charge < -0.3 is 24.6 Å². The molecule has 4 atom stereocenters. The quantitative estimate of drug-likeness (QED) is 0.263. The molecule has 1 aromatic carbocycles. The lowest BCUT2D eigenvalue weighted by Crippen LogP contribution is -2.51. The number of carbonyl (C=O) groups excluding carboxylic acids is 3. The van der Waals surface area contributed by atoms with E-state index in [1.165, 1.54) is 22.8 Å². The molecule has 45 heavy (non-hydrogen) atoms. The van der Waals surface area contributed by atoms with Crippen molar-refractivity contribution in [2.45, 2.75) is 82.5 Å². The Labute approximate surface area is 253 Å². The molecule has 7 rings (SSSR count). The van der Waals surface area contributed by atoms with Crippen molar-refractivity contribution < 1.29 is 41.8 Å². The summed E-state index contributed by atoms with van der Waals surface area (Å²) < 4.78 is 61.3. The Morgan fingerprint density at radius 1 is 1.20 bits per heavy atom. The monoisotopic (exact) mass is 628 g/mol. The summed E-state index contributed by atoms with van der Waals surface area (Å²) >= 11 is 0. The summed E-state index contributed by atoms with van der Waals surface area (Å²) in [5.74, 6) is -4.51. The Hall–Kier alpha value is -4.33. The van der Waals surface area contributed by atoms with Gasteiger partial charge in [0, 0.05) is 29.1 Å². The number of aromatic nitrogens is 2. The number of nitrogens with zero attached hydrogens (tertiary/aromatic N) is 3. The van der Waals surface area contributed by atoms with E-state index in [4.69, 9.17) is 9.72 Å². The highest BCUT2D eigenvalue weighted by Gasteiger charge is 2.49. The Kier molecular flexibility index (Phi) is 6.42. The van der Waals surface area contributed by atoms with E-state index in [0.717, 1.165) is 0 Å². The fourth-order valence-corrected chi connectivity index (χ4v) is 7.46.